The zero-order chi connectivity index (χ0) is 9.52. The van der Waals surface area contributed by atoms with Crippen LogP contribution < -0.4 is 5.48 Å². The number of carbonyl (C=O) groups excluding carboxylic acids is 1. The minimum absolute atomic E-state index is 0.272. The highest BCUT2D eigenvalue weighted by molar-refractivity contribution is 5.90. The minimum Gasteiger partial charge on any atom is -0.277 e. The summed E-state index contributed by atoms with van der Waals surface area (Å²) in [5.41, 5.74) is 3.17. The molecule has 0 saturated heterocycles. The zero-order valence-corrected chi connectivity index (χ0v) is 7.36. The van der Waals surface area contributed by atoms with Gasteiger partial charge in [0.05, 0.1) is 7.11 Å². The van der Waals surface area contributed by atoms with Crippen molar-refractivity contribution in [3.05, 3.63) is 42.0 Å². The minimum atomic E-state index is -0.272. The van der Waals surface area contributed by atoms with E-state index in [2.05, 4.69) is 10.3 Å². The van der Waals surface area contributed by atoms with Gasteiger partial charge in [-0.05, 0) is 11.6 Å². The Kier molecular flexibility index (Phi) is 3.73. The van der Waals surface area contributed by atoms with E-state index in [0.717, 1.165) is 5.56 Å². The molecule has 0 fully saturated rings. The molecule has 3 heteroatoms. The molecule has 0 spiro atoms. The molecule has 1 aromatic carbocycles. The molecule has 0 aromatic heterocycles. The van der Waals surface area contributed by atoms with E-state index in [4.69, 9.17) is 0 Å². The van der Waals surface area contributed by atoms with Gasteiger partial charge in [0, 0.05) is 6.08 Å². The van der Waals surface area contributed by atoms with Crippen LogP contribution in [0.5, 0.6) is 0 Å². The second-order valence-corrected chi connectivity index (χ2v) is 2.41. The van der Waals surface area contributed by atoms with Crippen molar-refractivity contribution >= 4 is 12.0 Å². The maximum Gasteiger partial charge on any atom is 0.267 e. The topological polar surface area (TPSA) is 38.3 Å². The van der Waals surface area contributed by atoms with E-state index in [9.17, 15) is 4.79 Å². The first-order valence-electron chi connectivity index (χ1n) is 3.89. The van der Waals surface area contributed by atoms with E-state index < -0.39 is 0 Å². The molecule has 0 aliphatic carbocycles. The Hall–Kier alpha value is -1.61. The first-order valence-corrected chi connectivity index (χ1v) is 3.89. The molecule has 0 aliphatic heterocycles. The number of hydrogen-bond donors (Lipinski definition) is 1. The summed E-state index contributed by atoms with van der Waals surface area (Å²) >= 11 is 0. The molecule has 0 atom stereocenters. The summed E-state index contributed by atoms with van der Waals surface area (Å²) < 4.78 is 0. The number of benzene rings is 1. The third kappa shape index (κ3) is 3.53. The Balaban J connectivity index is 2.54. The third-order valence-electron chi connectivity index (χ3n) is 1.43. The Morgan fingerprint density at radius 3 is 2.69 bits per heavy atom. The van der Waals surface area contributed by atoms with Gasteiger partial charge in [0.2, 0.25) is 0 Å². The second kappa shape index (κ2) is 5.11. The maximum atomic E-state index is 10.9. The molecule has 0 bridgehead atoms. The summed E-state index contributed by atoms with van der Waals surface area (Å²) in [6.45, 7) is 0. The van der Waals surface area contributed by atoms with Gasteiger partial charge in [-0.25, -0.2) is 5.48 Å². The first-order chi connectivity index (χ1) is 6.33. The summed E-state index contributed by atoms with van der Waals surface area (Å²) in [7, 11) is 1.40. The number of hydrogen-bond acceptors (Lipinski definition) is 2. The normalized spacial score (nSPS) is 10.2. The van der Waals surface area contributed by atoms with Crippen molar-refractivity contribution in [3.63, 3.8) is 0 Å². The van der Waals surface area contributed by atoms with Crippen molar-refractivity contribution in [2.24, 2.45) is 0 Å². The molecule has 0 heterocycles. The van der Waals surface area contributed by atoms with E-state index in [1.807, 2.05) is 30.3 Å². The van der Waals surface area contributed by atoms with Gasteiger partial charge in [-0.2, -0.15) is 0 Å². The number of carbonyl (C=O) groups is 1. The molecule has 0 saturated carbocycles. The van der Waals surface area contributed by atoms with Crippen LogP contribution in [0.2, 0.25) is 0 Å². The predicted molar refractivity (Wildman–Crippen MR) is 50.6 cm³/mol. The molecule has 1 rings (SSSR count). The monoisotopic (exact) mass is 177 g/mol. The Bertz CT molecular complexity index is 293. The third-order valence-corrected chi connectivity index (χ3v) is 1.43. The van der Waals surface area contributed by atoms with Crippen LogP contribution in [0.1, 0.15) is 5.56 Å². The summed E-state index contributed by atoms with van der Waals surface area (Å²) in [5.74, 6) is -0.272. The molecule has 13 heavy (non-hydrogen) atoms. The number of nitrogens with one attached hydrogen (secondary N) is 1. The highest BCUT2D eigenvalue weighted by Gasteiger charge is 1.90. The van der Waals surface area contributed by atoms with Gasteiger partial charge in [-0.15, -0.1) is 0 Å². The fourth-order valence-corrected chi connectivity index (χ4v) is 0.871. The van der Waals surface area contributed by atoms with Gasteiger partial charge < -0.3 is 0 Å². The molecule has 1 N–H and O–H groups in total. The van der Waals surface area contributed by atoms with Crippen LogP contribution in [0.4, 0.5) is 0 Å². The highest BCUT2D eigenvalue weighted by Crippen LogP contribution is 2.00. The molecule has 0 radical (unpaired) electrons. The lowest BCUT2D eigenvalue weighted by Gasteiger charge is -1.94. The van der Waals surface area contributed by atoms with E-state index in [0.29, 0.717) is 0 Å². The van der Waals surface area contributed by atoms with Gasteiger partial charge >= 0.3 is 0 Å². The quantitative estimate of drug-likeness (QED) is 0.559. The molecule has 1 amide bonds. The summed E-state index contributed by atoms with van der Waals surface area (Å²) in [5, 5.41) is 0. The number of rotatable bonds is 3. The van der Waals surface area contributed by atoms with Crippen LogP contribution in [-0.2, 0) is 9.63 Å². The lowest BCUT2D eigenvalue weighted by atomic mass is 10.2. The van der Waals surface area contributed by atoms with Crippen molar-refractivity contribution in [2.45, 2.75) is 0 Å². The maximum absolute atomic E-state index is 10.9. The van der Waals surface area contributed by atoms with Crippen molar-refractivity contribution in [2.75, 3.05) is 7.11 Å². The van der Waals surface area contributed by atoms with Gasteiger partial charge in [-0.1, -0.05) is 30.3 Å². The van der Waals surface area contributed by atoms with Crippen molar-refractivity contribution in [1.82, 2.24) is 5.48 Å². The molecule has 68 valence electrons. The van der Waals surface area contributed by atoms with E-state index in [1.165, 1.54) is 13.2 Å². The summed E-state index contributed by atoms with van der Waals surface area (Å²) in [6, 6.07) is 9.57. The predicted octanol–water partition coefficient (Wildman–Crippen LogP) is 1.38. The fraction of sp³-hybridized carbons (Fsp3) is 0.100. The molecule has 3 nitrogen and oxygen atoms in total. The Labute approximate surface area is 77.0 Å². The zero-order valence-electron chi connectivity index (χ0n) is 7.36. The van der Waals surface area contributed by atoms with E-state index >= 15 is 0 Å². The number of hydroxylamine groups is 1. The van der Waals surface area contributed by atoms with Crippen molar-refractivity contribution in [1.29, 1.82) is 0 Å². The average Bonchev–Trinajstić information content (AvgIpc) is 2.17. The van der Waals surface area contributed by atoms with Gasteiger partial charge in [0.15, 0.2) is 0 Å². The highest BCUT2D eigenvalue weighted by atomic mass is 16.6. The Morgan fingerprint density at radius 2 is 2.08 bits per heavy atom. The van der Waals surface area contributed by atoms with Crippen LogP contribution in [0.3, 0.4) is 0 Å². The average molecular weight is 177 g/mol. The molecular weight excluding hydrogens is 166 g/mol. The van der Waals surface area contributed by atoms with Crippen LogP contribution in [0, 0.1) is 0 Å². The van der Waals surface area contributed by atoms with Crippen LogP contribution >= 0.6 is 0 Å². The molecule has 0 aliphatic rings. The fourth-order valence-electron chi connectivity index (χ4n) is 0.871. The SMILES string of the molecule is CONC(=O)C=Cc1ccccc1. The standard InChI is InChI=1S/C10H11NO2/c1-13-11-10(12)8-7-9-5-3-2-4-6-9/h2-8H,1H3,(H,11,12). The lowest BCUT2D eigenvalue weighted by molar-refractivity contribution is -0.126. The van der Waals surface area contributed by atoms with E-state index in [1.54, 1.807) is 6.08 Å². The van der Waals surface area contributed by atoms with Crippen molar-refractivity contribution < 1.29 is 9.63 Å². The van der Waals surface area contributed by atoms with Crippen LogP contribution in [0.25, 0.3) is 6.08 Å². The second-order valence-electron chi connectivity index (χ2n) is 2.41. The first kappa shape index (κ1) is 9.48. The van der Waals surface area contributed by atoms with Crippen LogP contribution in [0.15, 0.2) is 36.4 Å². The Morgan fingerprint density at radius 1 is 1.38 bits per heavy atom. The smallest absolute Gasteiger partial charge is 0.267 e. The van der Waals surface area contributed by atoms with Crippen LogP contribution in [-0.4, -0.2) is 13.0 Å². The summed E-state index contributed by atoms with van der Waals surface area (Å²) in [6.07, 6.45) is 3.13. The van der Waals surface area contributed by atoms with Gasteiger partial charge in [0.1, 0.15) is 0 Å². The number of amides is 1. The van der Waals surface area contributed by atoms with E-state index in [-0.39, 0.29) is 5.91 Å². The van der Waals surface area contributed by atoms with Gasteiger partial charge in [0.25, 0.3) is 5.91 Å². The molecule has 0 unspecified atom stereocenters. The van der Waals surface area contributed by atoms with Gasteiger partial charge in [-0.3, -0.25) is 9.63 Å². The molecule has 1 aromatic rings. The lowest BCUT2D eigenvalue weighted by Crippen LogP contribution is -2.18. The summed E-state index contributed by atoms with van der Waals surface area (Å²) in [4.78, 5) is 15.3. The molecular formula is C10H11NO2. The largest absolute Gasteiger partial charge is 0.277 e. The van der Waals surface area contributed by atoms with Crippen molar-refractivity contribution in [3.8, 4) is 0 Å².